The summed E-state index contributed by atoms with van der Waals surface area (Å²) in [5, 5.41) is 8.56. The lowest BCUT2D eigenvalue weighted by Crippen LogP contribution is -2.58. The van der Waals surface area contributed by atoms with Crippen molar-refractivity contribution in [1.82, 2.24) is 15.3 Å². The number of carbonyl (C=O) groups is 2. The Bertz CT molecular complexity index is 1350. The van der Waals surface area contributed by atoms with Gasteiger partial charge in [0.2, 0.25) is 0 Å². The second kappa shape index (κ2) is 10.8. The first-order valence-corrected chi connectivity index (χ1v) is 14.3. The summed E-state index contributed by atoms with van der Waals surface area (Å²) in [5.74, 6) is 0.138. The number of nitrogens with zero attached hydrogens (tertiary/aromatic N) is 4. The van der Waals surface area contributed by atoms with Crippen molar-refractivity contribution in [3.05, 3.63) is 58.9 Å². The quantitative estimate of drug-likeness (QED) is 0.281. The number of hydrogen-bond donors (Lipinski definition) is 2. The van der Waals surface area contributed by atoms with Gasteiger partial charge in [0.15, 0.2) is 5.13 Å². The lowest BCUT2D eigenvalue weighted by atomic mass is 9.73. The summed E-state index contributed by atoms with van der Waals surface area (Å²) in [5.41, 5.74) is 3.83. The maximum Gasteiger partial charge on any atom is 0.275 e. The SMILES string of the molecule is O=C(Nc1cnccc1N1CCC2(CC1)CNC2)c1csc(N2Cc3ccc(OCCOI)cc3C2=O)n1. The van der Waals surface area contributed by atoms with Crippen molar-refractivity contribution in [2.45, 2.75) is 19.4 Å². The number of amides is 2. The van der Waals surface area contributed by atoms with Crippen LogP contribution in [0, 0.1) is 5.41 Å². The summed E-state index contributed by atoms with van der Waals surface area (Å²) in [4.78, 5) is 38.9. The van der Waals surface area contributed by atoms with Crippen LogP contribution in [0.3, 0.4) is 0 Å². The molecule has 2 amide bonds. The molecule has 12 heteroatoms. The molecule has 3 aliphatic rings. The molecule has 2 fully saturated rings. The Morgan fingerprint density at radius 3 is 2.82 bits per heavy atom. The second-order valence-electron chi connectivity index (χ2n) is 9.82. The molecule has 0 unspecified atom stereocenters. The number of anilines is 3. The van der Waals surface area contributed by atoms with E-state index in [0.29, 0.717) is 47.3 Å². The van der Waals surface area contributed by atoms with Gasteiger partial charge in [0, 0.05) is 43.3 Å². The fraction of sp³-hybridized carbons (Fsp3) is 0.385. The molecule has 5 heterocycles. The highest BCUT2D eigenvalue weighted by atomic mass is 127. The molecule has 0 bridgehead atoms. The average molecular weight is 647 g/mol. The molecule has 0 saturated carbocycles. The van der Waals surface area contributed by atoms with Crippen molar-refractivity contribution in [3.63, 3.8) is 0 Å². The number of ether oxygens (including phenoxy) is 1. The van der Waals surface area contributed by atoms with Gasteiger partial charge in [0.1, 0.15) is 41.1 Å². The van der Waals surface area contributed by atoms with E-state index in [2.05, 4.69) is 25.5 Å². The number of benzene rings is 1. The van der Waals surface area contributed by atoms with Crippen LogP contribution in [0.25, 0.3) is 0 Å². The van der Waals surface area contributed by atoms with Crippen LogP contribution >= 0.6 is 34.3 Å². The normalized spacial score (nSPS) is 17.9. The van der Waals surface area contributed by atoms with Crippen LogP contribution < -0.4 is 25.2 Å². The third-order valence-corrected chi connectivity index (χ3v) is 8.79. The molecular formula is C26H27IN6O4S. The van der Waals surface area contributed by atoms with Gasteiger partial charge in [0.05, 0.1) is 30.7 Å². The number of aromatic nitrogens is 2. The number of carbonyl (C=O) groups excluding carboxylic acids is 2. The molecule has 38 heavy (non-hydrogen) atoms. The first-order chi connectivity index (χ1) is 18.5. The monoisotopic (exact) mass is 646 g/mol. The van der Waals surface area contributed by atoms with Crippen molar-refractivity contribution in [1.29, 1.82) is 0 Å². The molecule has 0 aliphatic carbocycles. The summed E-state index contributed by atoms with van der Waals surface area (Å²) in [7, 11) is 0. The fourth-order valence-electron chi connectivity index (χ4n) is 5.21. The van der Waals surface area contributed by atoms with E-state index in [1.54, 1.807) is 28.7 Å². The van der Waals surface area contributed by atoms with Gasteiger partial charge < -0.3 is 23.3 Å². The van der Waals surface area contributed by atoms with Gasteiger partial charge in [-0.2, -0.15) is 0 Å². The molecule has 2 saturated heterocycles. The smallest absolute Gasteiger partial charge is 0.275 e. The van der Waals surface area contributed by atoms with Crippen LogP contribution in [0.4, 0.5) is 16.5 Å². The summed E-state index contributed by atoms with van der Waals surface area (Å²) >= 11 is 3.09. The van der Waals surface area contributed by atoms with Gasteiger partial charge in [-0.15, -0.1) is 11.3 Å². The van der Waals surface area contributed by atoms with E-state index in [4.69, 9.17) is 7.80 Å². The molecule has 198 valence electrons. The number of halogens is 1. The number of piperidine rings is 1. The van der Waals surface area contributed by atoms with E-state index in [1.165, 1.54) is 11.3 Å². The minimum Gasteiger partial charge on any atom is -0.491 e. The molecule has 6 rings (SSSR count). The van der Waals surface area contributed by atoms with E-state index in [1.807, 2.05) is 41.2 Å². The second-order valence-corrected chi connectivity index (χ2v) is 11.3. The van der Waals surface area contributed by atoms with Gasteiger partial charge >= 0.3 is 0 Å². The fourth-order valence-corrected chi connectivity index (χ4v) is 6.19. The Kier molecular flexibility index (Phi) is 7.20. The number of thiazole rings is 1. The minimum absolute atomic E-state index is 0.157. The van der Waals surface area contributed by atoms with Gasteiger partial charge in [-0.25, -0.2) is 4.98 Å². The van der Waals surface area contributed by atoms with Crippen molar-refractivity contribution >= 4 is 62.7 Å². The first kappa shape index (κ1) is 25.5. The third kappa shape index (κ3) is 4.97. The van der Waals surface area contributed by atoms with Crippen LogP contribution in [-0.4, -0.2) is 61.2 Å². The van der Waals surface area contributed by atoms with Crippen molar-refractivity contribution in [2.24, 2.45) is 5.41 Å². The molecule has 3 aliphatic heterocycles. The maximum absolute atomic E-state index is 13.2. The van der Waals surface area contributed by atoms with Crippen molar-refractivity contribution in [3.8, 4) is 5.75 Å². The van der Waals surface area contributed by atoms with Crippen LogP contribution in [0.15, 0.2) is 42.0 Å². The Labute approximate surface area is 238 Å². The first-order valence-electron chi connectivity index (χ1n) is 12.5. The lowest BCUT2D eigenvalue weighted by molar-refractivity contribution is 0.0991. The van der Waals surface area contributed by atoms with E-state index >= 15 is 0 Å². The van der Waals surface area contributed by atoms with Crippen molar-refractivity contribution < 1.29 is 17.4 Å². The van der Waals surface area contributed by atoms with Gasteiger partial charge in [0.25, 0.3) is 11.8 Å². The Balaban J connectivity index is 1.12. The predicted molar refractivity (Wildman–Crippen MR) is 153 cm³/mol. The number of hydrogen-bond acceptors (Lipinski definition) is 9. The standard InChI is InChI=1S/C26H27IN6O4S/c27-37-10-9-36-18-2-1-17-13-33(24(35)19(17)11-18)25-31-21(14-38-25)23(34)30-20-12-28-6-3-22(20)32-7-4-26(5-8-32)15-29-16-26/h1-3,6,11-12,14,29H,4-5,7-10,13,15-16H2,(H,30,34). The van der Waals surface area contributed by atoms with Gasteiger partial charge in [-0.05, 0) is 42.0 Å². The Hall–Kier alpha value is -2.81. The van der Waals surface area contributed by atoms with E-state index in [-0.39, 0.29) is 17.5 Å². The summed E-state index contributed by atoms with van der Waals surface area (Å²) < 4.78 is 10.6. The van der Waals surface area contributed by atoms with Crippen LogP contribution in [0.2, 0.25) is 0 Å². The van der Waals surface area contributed by atoms with Crippen LogP contribution in [0.1, 0.15) is 39.3 Å². The van der Waals surface area contributed by atoms with Gasteiger partial charge in [-0.3, -0.25) is 19.5 Å². The third-order valence-electron chi connectivity index (χ3n) is 7.48. The van der Waals surface area contributed by atoms with Crippen LogP contribution in [0.5, 0.6) is 5.75 Å². The van der Waals surface area contributed by atoms with E-state index in [0.717, 1.165) is 50.3 Å². The molecule has 0 radical (unpaired) electrons. The zero-order valence-electron chi connectivity index (χ0n) is 20.6. The van der Waals surface area contributed by atoms with Gasteiger partial charge in [-0.1, -0.05) is 6.07 Å². The molecule has 0 atom stereocenters. The number of fused-ring (bicyclic) bond motifs is 1. The summed E-state index contributed by atoms with van der Waals surface area (Å²) in [6, 6.07) is 7.44. The highest BCUT2D eigenvalue weighted by molar-refractivity contribution is 14.1. The molecule has 2 aromatic heterocycles. The molecule has 1 aromatic carbocycles. The summed E-state index contributed by atoms with van der Waals surface area (Å²) in [6.07, 6.45) is 5.71. The number of rotatable bonds is 8. The topological polar surface area (TPSA) is 109 Å². The minimum atomic E-state index is -0.323. The Morgan fingerprint density at radius 2 is 2.05 bits per heavy atom. The average Bonchev–Trinajstić information content (AvgIpc) is 3.53. The van der Waals surface area contributed by atoms with E-state index in [9.17, 15) is 9.59 Å². The molecule has 1 spiro atoms. The van der Waals surface area contributed by atoms with E-state index < -0.39 is 0 Å². The zero-order valence-corrected chi connectivity index (χ0v) is 23.6. The largest absolute Gasteiger partial charge is 0.491 e. The lowest BCUT2D eigenvalue weighted by Gasteiger charge is -2.49. The number of nitrogens with one attached hydrogen (secondary N) is 2. The molecule has 2 N–H and O–H groups in total. The highest BCUT2D eigenvalue weighted by Gasteiger charge is 2.40. The predicted octanol–water partition coefficient (Wildman–Crippen LogP) is 3.89. The Morgan fingerprint density at radius 1 is 1.21 bits per heavy atom. The maximum atomic E-state index is 13.2. The highest BCUT2D eigenvalue weighted by Crippen LogP contribution is 2.38. The molecule has 3 aromatic rings. The van der Waals surface area contributed by atoms with Crippen molar-refractivity contribution in [2.75, 3.05) is 54.5 Å². The summed E-state index contributed by atoms with van der Waals surface area (Å²) in [6.45, 7) is 5.36. The van der Waals surface area contributed by atoms with Crippen LogP contribution in [-0.2, 0) is 9.61 Å². The number of pyridine rings is 1. The molecule has 10 nitrogen and oxygen atoms in total. The zero-order chi connectivity index (χ0) is 26.1. The molecular weight excluding hydrogens is 619 g/mol.